The highest BCUT2D eigenvalue weighted by atomic mass is 19.1. The van der Waals surface area contributed by atoms with Crippen LogP contribution in [-0.2, 0) is 16.6 Å². The number of carbonyl (C=O) groups is 1. The van der Waals surface area contributed by atoms with Crippen LogP contribution in [0.3, 0.4) is 0 Å². The predicted molar refractivity (Wildman–Crippen MR) is 101 cm³/mol. The Morgan fingerprint density at radius 1 is 1.19 bits per heavy atom. The van der Waals surface area contributed by atoms with E-state index in [0.717, 1.165) is 23.8 Å². The molecule has 27 heavy (non-hydrogen) atoms. The third-order valence-corrected chi connectivity index (χ3v) is 5.72. The van der Waals surface area contributed by atoms with Crippen molar-refractivity contribution in [2.45, 2.75) is 38.5 Å². The molecule has 1 aliphatic carbocycles. The van der Waals surface area contributed by atoms with Crippen LogP contribution in [0.2, 0.25) is 0 Å². The number of rotatable bonds is 7. The van der Waals surface area contributed by atoms with Crippen molar-refractivity contribution in [2.75, 3.05) is 13.7 Å². The molecule has 1 amide bonds. The van der Waals surface area contributed by atoms with Crippen LogP contribution < -0.4 is 10.1 Å². The third kappa shape index (κ3) is 3.97. The number of hydrogen-bond acceptors (Lipinski definition) is 2. The minimum Gasteiger partial charge on any atom is -0.497 e. The molecule has 1 fully saturated rings. The molecule has 1 atom stereocenters. The highest BCUT2D eigenvalue weighted by Crippen LogP contribution is 2.64. The molecule has 1 aliphatic rings. The number of amides is 1. The minimum absolute atomic E-state index is 0.0811. The van der Waals surface area contributed by atoms with Gasteiger partial charge in [0.15, 0.2) is 0 Å². The number of ether oxygens (including phenoxy) is 1. The maximum atomic E-state index is 14.3. The van der Waals surface area contributed by atoms with Crippen molar-refractivity contribution < 1.29 is 18.3 Å². The summed E-state index contributed by atoms with van der Waals surface area (Å²) in [5.74, 6) is -0.459. The molecular formula is C22H25F2NO2. The van der Waals surface area contributed by atoms with E-state index in [-0.39, 0.29) is 11.3 Å². The minimum atomic E-state index is -0.591. The lowest BCUT2D eigenvalue weighted by atomic mass is 9.87. The largest absolute Gasteiger partial charge is 0.497 e. The first-order valence-corrected chi connectivity index (χ1v) is 9.13. The fraction of sp³-hybridized carbons (Fsp3) is 0.409. The summed E-state index contributed by atoms with van der Waals surface area (Å²) < 4.78 is 32.8. The summed E-state index contributed by atoms with van der Waals surface area (Å²) in [6.07, 6.45) is 1.69. The monoisotopic (exact) mass is 373 g/mol. The van der Waals surface area contributed by atoms with Gasteiger partial charge in [0.25, 0.3) is 0 Å². The number of halogens is 2. The van der Waals surface area contributed by atoms with Crippen molar-refractivity contribution in [1.29, 1.82) is 0 Å². The Kier molecular flexibility index (Phi) is 5.22. The molecule has 5 heteroatoms. The average molecular weight is 373 g/mol. The van der Waals surface area contributed by atoms with Crippen molar-refractivity contribution in [2.24, 2.45) is 5.41 Å². The lowest BCUT2D eigenvalue weighted by Crippen LogP contribution is -2.35. The van der Waals surface area contributed by atoms with Crippen LogP contribution in [0.15, 0.2) is 42.5 Å². The molecule has 3 rings (SSSR count). The van der Waals surface area contributed by atoms with Gasteiger partial charge in [-0.25, -0.2) is 8.78 Å². The molecule has 0 aliphatic heterocycles. The van der Waals surface area contributed by atoms with E-state index in [2.05, 4.69) is 5.32 Å². The van der Waals surface area contributed by atoms with Gasteiger partial charge in [-0.1, -0.05) is 32.0 Å². The van der Waals surface area contributed by atoms with E-state index in [1.54, 1.807) is 7.11 Å². The topological polar surface area (TPSA) is 38.3 Å². The molecule has 0 spiro atoms. The normalized spacial score (nSPS) is 20.2. The summed E-state index contributed by atoms with van der Waals surface area (Å²) >= 11 is 0. The molecule has 3 nitrogen and oxygen atoms in total. The fourth-order valence-corrected chi connectivity index (χ4v) is 3.87. The second-order valence-electron chi connectivity index (χ2n) is 7.90. The number of methoxy groups -OCH3 is 1. The van der Waals surface area contributed by atoms with Crippen LogP contribution in [0.25, 0.3) is 0 Å². The van der Waals surface area contributed by atoms with Crippen LogP contribution in [-0.4, -0.2) is 19.6 Å². The molecule has 1 saturated carbocycles. The number of benzene rings is 2. The Morgan fingerprint density at radius 3 is 2.56 bits per heavy atom. The van der Waals surface area contributed by atoms with Crippen molar-refractivity contribution in [1.82, 2.24) is 5.32 Å². The molecule has 2 aromatic carbocycles. The average Bonchev–Trinajstić information content (AvgIpc) is 3.20. The van der Waals surface area contributed by atoms with Crippen LogP contribution in [0.5, 0.6) is 5.75 Å². The Morgan fingerprint density at radius 2 is 1.93 bits per heavy atom. The number of carbonyl (C=O) groups excluding carboxylic acids is 1. The SMILES string of the molecule is COc1cccc(CCC(=O)NCC2(c3ccc(F)cc3F)CC2(C)C)c1. The van der Waals surface area contributed by atoms with E-state index in [1.165, 1.54) is 12.1 Å². The standard InChI is InChI=1S/C22H25F2NO2/c1-21(2)13-22(21,18-9-8-16(23)12-19(18)24)14-25-20(26)10-7-15-5-4-6-17(11-15)27-3/h4-6,8-9,11-12H,7,10,13-14H2,1-3H3,(H,25,26). The van der Waals surface area contributed by atoms with E-state index < -0.39 is 17.0 Å². The van der Waals surface area contributed by atoms with Crippen molar-refractivity contribution in [3.63, 3.8) is 0 Å². The van der Waals surface area contributed by atoms with E-state index in [4.69, 9.17) is 4.74 Å². The van der Waals surface area contributed by atoms with Gasteiger partial charge in [0.2, 0.25) is 5.91 Å². The van der Waals surface area contributed by atoms with Gasteiger partial charge in [0, 0.05) is 24.4 Å². The molecule has 0 radical (unpaired) electrons. The van der Waals surface area contributed by atoms with Gasteiger partial charge in [-0.2, -0.15) is 0 Å². The first-order valence-electron chi connectivity index (χ1n) is 9.13. The fourth-order valence-electron chi connectivity index (χ4n) is 3.87. The summed E-state index contributed by atoms with van der Waals surface area (Å²) in [5.41, 5.74) is 0.861. The first-order chi connectivity index (χ1) is 12.8. The van der Waals surface area contributed by atoms with Gasteiger partial charge in [0.1, 0.15) is 17.4 Å². The van der Waals surface area contributed by atoms with Gasteiger partial charge >= 0.3 is 0 Å². The van der Waals surface area contributed by atoms with Gasteiger partial charge in [-0.15, -0.1) is 0 Å². The summed E-state index contributed by atoms with van der Waals surface area (Å²) in [6, 6.07) is 11.3. The van der Waals surface area contributed by atoms with E-state index in [1.807, 2.05) is 38.1 Å². The smallest absolute Gasteiger partial charge is 0.220 e. The second kappa shape index (κ2) is 7.29. The molecule has 0 saturated heterocycles. The highest BCUT2D eigenvalue weighted by Gasteiger charge is 2.62. The zero-order chi connectivity index (χ0) is 19.7. The van der Waals surface area contributed by atoms with Gasteiger partial charge in [0.05, 0.1) is 7.11 Å². The van der Waals surface area contributed by atoms with Gasteiger partial charge in [-0.05, 0) is 47.6 Å². The molecule has 1 N–H and O–H groups in total. The zero-order valence-electron chi connectivity index (χ0n) is 15.9. The zero-order valence-corrected chi connectivity index (χ0v) is 15.9. The van der Waals surface area contributed by atoms with Gasteiger partial charge in [-0.3, -0.25) is 4.79 Å². The van der Waals surface area contributed by atoms with Crippen LogP contribution in [0, 0.1) is 17.0 Å². The van der Waals surface area contributed by atoms with Crippen LogP contribution in [0.1, 0.15) is 37.8 Å². The third-order valence-electron chi connectivity index (χ3n) is 5.72. The summed E-state index contributed by atoms with van der Waals surface area (Å²) in [4.78, 5) is 12.3. The van der Waals surface area contributed by atoms with Crippen LogP contribution in [0.4, 0.5) is 8.78 Å². The quantitative estimate of drug-likeness (QED) is 0.782. The van der Waals surface area contributed by atoms with E-state index in [0.29, 0.717) is 24.9 Å². The summed E-state index contributed by atoms with van der Waals surface area (Å²) in [7, 11) is 1.61. The maximum Gasteiger partial charge on any atom is 0.220 e. The highest BCUT2D eigenvalue weighted by molar-refractivity contribution is 5.76. The Bertz CT molecular complexity index is 850. The number of nitrogens with one attached hydrogen (secondary N) is 1. The van der Waals surface area contributed by atoms with Crippen molar-refractivity contribution in [3.05, 3.63) is 65.2 Å². The number of aryl methyl sites for hydroxylation is 1. The summed E-state index contributed by atoms with van der Waals surface area (Å²) in [6.45, 7) is 4.43. The molecule has 2 aromatic rings. The molecule has 0 aromatic heterocycles. The van der Waals surface area contributed by atoms with Crippen molar-refractivity contribution >= 4 is 5.91 Å². The van der Waals surface area contributed by atoms with Crippen LogP contribution >= 0.6 is 0 Å². The van der Waals surface area contributed by atoms with E-state index >= 15 is 0 Å². The predicted octanol–water partition coefficient (Wildman–Crippen LogP) is 4.39. The lowest BCUT2D eigenvalue weighted by Gasteiger charge is -2.22. The van der Waals surface area contributed by atoms with Gasteiger partial charge < -0.3 is 10.1 Å². The number of hydrogen-bond donors (Lipinski definition) is 1. The molecular weight excluding hydrogens is 348 g/mol. The van der Waals surface area contributed by atoms with E-state index in [9.17, 15) is 13.6 Å². The lowest BCUT2D eigenvalue weighted by molar-refractivity contribution is -0.121. The molecule has 144 valence electrons. The Hall–Kier alpha value is -2.43. The first kappa shape index (κ1) is 19.3. The van der Waals surface area contributed by atoms with Crippen molar-refractivity contribution in [3.8, 4) is 5.75 Å². The second-order valence-corrected chi connectivity index (χ2v) is 7.90. The molecule has 0 bridgehead atoms. The molecule has 0 heterocycles. The summed E-state index contributed by atoms with van der Waals surface area (Å²) in [5, 5.41) is 2.95. The molecule has 1 unspecified atom stereocenters. The Balaban J connectivity index is 1.62. The maximum absolute atomic E-state index is 14.3. The Labute approximate surface area is 158 Å².